The predicted molar refractivity (Wildman–Crippen MR) is 76.3 cm³/mol. The van der Waals surface area contributed by atoms with E-state index >= 15 is 0 Å². The molecule has 0 bridgehead atoms. The minimum absolute atomic E-state index is 0.0809. The third kappa shape index (κ3) is 2.97. The molecule has 3 N–H and O–H groups in total. The van der Waals surface area contributed by atoms with Crippen LogP contribution in [0.4, 0.5) is 5.95 Å². The summed E-state index contributed by atoms with van der Waals surface area (Å²) in [4.78, 5) is 8.81. The number of rotatable bonds is 5. The molecule has 106 valence electrons. The molecule has 2 atom stereocenters. The molecule has 0 radical (unpaired) electrons. The molecule has 5 nitrogen and oxygen atoms in total. The van der Waals surface area contributed by atoms with Crippen LogP contribution in [0.1, 0.15) is 39.3 Å². The quantitative estimate of drug-likeness (QED) is 0.852. The molecule has 5 heteroatoms. The molecule has 19 heavy (non-hydrogen) atoms. The second-order valence-electron chi connectivity index (χ2n) is 5.88. The smallest absolute Gasteiger partial charge is 0.226 e. The van der Waals surface area contributed by atoms with Crippen molar-refractivity contribution in [1.82, 2.24) is 9.97 Å². The molecule has 1 saturated carbocycles. The van der Waals surface area contributed by atoms with Crippen molar-refractivity contribution in [3.05, 3.63) is 11.8 Å². The summed E-state index contributed by atoms with van der Waals surface area (Å²) in [6.07, 6.45) is 1.92. The highest BCUT2D eigenvalue weighted by atomic mass is 16.5. The van der Waals surface area contributed by atoms with E-state index in [0.29, 0.717) is 24.5 Å². The van der Waals surface area contributed by atoms with Crippen LogP contribution in [0.2, 0.25) is 0 Å². The minimum atomic E-state index is 0.0809. The Balaban J connectivity index is 2.06. The summed E-state index contributed by atoms with van der Waals surface area (Å²) in [5.74, 6) is 1.27. The minimum Gasteiger partial charge on any atom is -0.478 e. The van der Waals surface area contributed by atoms with Crippen LogP contribution in [0.3, 0.4) is 0 Å². The highest BCUT2D eigenvalue weighted by molar-refractivity contribution is 5.34. The van der Waals surface area contributed by atoms with Gasteiger partial charge in [-0.25, -0.2) is 4.98 Å². The van der Waals surface area contributed by atoms with Crippen LogP contribution in [0.15, 0.2) is 6.07 Å². The van der Waals surface area contributed by atoms with E-state index in [0.717, 1.165) is 18.5 Å². The molecule has 2 unspecified atom stereocenters. The standard InChI is InChI=1S/C14H24N4O/c1-5-6-19-12-7-9(2)16-13(18-12)17-11-8-10(15)14(11,3)4/h7,10-11H,5-6,8,15H2,1-4H3,(H,16,17,18). The third-order valence-corrected chi connectivity index (χ3v) is 3.93. The SMILES string of the molecule is CCCOc1cc(C)nc(NC2CC(N)C2(C)C)n1. The van der Waals surface area contributed by atoms with E-state index in [-0.39, 0.29) is 11.5 Å². The topological polar surface area (TPSA) is 73.1 Å². The van der Waals surface area contributed by atoms with E-state index < -0.39 is 0 Å². The van der Waals surface area contributed by atoms with Crippen molar-refractivity contribution in [1.29, 1.82) is 0 Å². The Hall–Kier alpha value is -1.36. The van der Waals surface area contributed by atoms with Gasteiger partial charge in [0, 0.05) is 29.3 Å². The lowest BCUT2D eigenvalue weighted by Crippen LogP contribution is -2.61. The molecule has 1 aliphatic rings. The van der Waals surface area contributed by atoms with Gasteiger partial charge in [0.1, 0.15) is 0 Å². The number of hydrogen-bond acceptors (Lipinski definition) is 5. The van der Waals surface area contributed by atoms with Gasteiger partial charge in [-0.15, -0.1) is 0 Å². The Morgan fingerprint density at radius 3 is 2.79 bits per heavy atom. The molecule has 0 saturated heterocycles. The van der Waals surface area contributed by atoms with Gasteiger partial charge in [-0.2, -0.15) is 4.98 Å². The van der Waals surface area contributed by atoms with Crippen LogP contribution in [0.25, 0.3) is 0 Å². The van der Waals surface area contributed by atoms with Gasteiger partial charge in [0.15, 0.2) is 0 Å². The van der Waals surface area contributed by atoms with Crippen LogP contribution >= 0.6 is 0 Å². The van der Waals surface area contributed by atoms with Crippen molar-refractivity contribution in [3.63, 3.8) is 0 Å². The zero-order valence-corrected chi connectivity index (χ0v) is 12.2. The average Bonchev–Trinajstić information content (AvgIpc) is 2.35. The van der Waals surface area contributed by atoms with Gasteiger partial charge in [-0.05, 0) is 19.8 Å². The molecular weight excluding hydrogens is 240 g/mol. The van der Waals surface area contributed by atoms with Crippen molar-refractivity contribution < 1.29 is 4.74 Å². The van der Waals surface area contributed by atoms with E-state index in [1.165, 1.54) is 0 Å². The molecular formula is C14H24N4O. The van der Waals surface area contributed by atoms with E-state index in [1.54, 1.807) is 0 Å². The number of hydrogen-bond donors (Lipinski definition) is 2. The van der Waals surface area contributed by atoms with E-state index in [1.807, 2.05) is 13.0 Å². The monoisotopic (exact) mass is 264 g/mol. The first-order valence-electron chi connectivity index (χ1n) is 6.94. The maximum Gasteiger partial charge on any atom is 0.226 e. The number of nitrogens with one attached hydrogen (secondary N) is 1. The summed E-state index contributed by atoms with van der Waals surface area (Å²) in [6.45, 7) is 9.04. The van der Waals surface area contributed by atoms with Gasteiger partial charge in [0.2, 0.25) is 11.8 Å². The van der Waals surface area contributed by atoms with Crippen LogP contribution in [-0.2, 0) is 0 Å². The van der Waals surface area contributed by atoms with E-state index in [4.69, 9.17) is 10.5 Å². The summed E-state index contributed by atoms with van der Waals surface area (Å²) in [5.41, 5.74) is 7.01. The number of ether oxygens (including phenoxy) is 1. The molecule has 1 aromatic heterocycles. The molecule has 0 aliphatic heterocycles. The Morgan fingerprint density at radius 1 is 1.47 bits per heavy atom. The molecule has 0 spiro atoms. The lowest BCUT2D eigenvalue weighted by molar-refractivity contribution is 0.116. The van der Waals surface area contributed by atoms with Gasteiger partial charge >= 0.3 is 0 Å². The molecule has 1 aromatic rings. The molecule has 2 rings (SSSR count). The Labute approximate surface area is 115 Å². The van der Waals surface area contributed by atoms with Gasteiger partial charge in [0.25, 0.3) is 0 Å². The van der Waals surface area contributed by atoms with E-state index in [9.17, 15) is 0 Å². The van der Waals surface area contributed by atoms with Gasteiger partial charge < -0.3 is 15.8 Å². The van der Waals surface area contributed by atoms with Gasteiger partial charge in [0.05, 0.1) is 6.61 Å². The summed E-state index contributed by atoms with van der Waals surface area (Å²) < 4.78 is 5.57. The number of anilines is 1. The summed E-state index contributed by atoms with van der Waals surface area (Å²) in [7, 11) is 0. The largest absolute Gasteiger partial charge is 0.478 e. The maximum atomic E-state index is 6.02. The summed E-state index contributed by atoms with van der Waals surface area (Å²) in [6, 6.07) is 2.42. The van der Waals surface area contributed by atoms with Crippen molar-refractivity contribution in [2.45, 2.75) is 52.6 Å². The molecule has 1 heterocycles. The number of nitrogens with two attached hydrogens (primary N) is 1. The first kappa shape index (κ1) is 14.1. The van der Waals surface area contributed by atoms with Crippen molar-refractivity contribution >= 4 is 5.95 Å². The number of nitrogens with zero attached hydrogens (tertiary/aromatic N) is 2. The second-order valence-corrected chi connectivity index (χ2v) is 5.88. The Morgan fingerprint density at radius 2 is 2.21 bits per heavy atom. The fourth-order valence-electron chi connectivity index (χ4n) is 2.24. The first-order chi connectivity index (χ1) is 8.93. The van der Waals surface area contributed by atoms with Crippen molar-refractivity contribution in [2.75, 3.05) is 11.9 Å². The normalized spacial score (nSPS) is 24.7. The Bertz CT molecular complexity index is 447. The van der Waals surface area contributed by atoms with Crippen LogP contribution in [-0.4, -0.2) is 28.7 Å². The fourth-order valence-corrected chi connectivity index (χ4v) is 2.24. The van der Waals surface area contributed by atoms with E-state index in [2.05, 4.69) is 36.1 Å². The lowest BCUT2D eigenvalue weighted by Gasteiger charge is -2.50. The average molecular weight is 264 g/mol. The first-order valence-corrected chi connectivity index (χ1v) is 6.94. The molecule has 1 aliphatic carbocycles. The highest BCUT2D eigenvalue weighted by Crippen LogP contribution is 2.40. The van der Waals surface area contributed by atoms with Crippen LogP contribution in [0, 0.1) is 12.3 Å². The maximum absolute atomic E-state index is 6.02. The fraction of sp³-hybridized carbons (Fsp3) is 0.714. The number of aryl methyl sites for hydroxylation is 1. The zero-order valence-electron chi connectivity index (χ0n) is 12.2. The van der Waals surface area contributed by atoms with Crippen LogP contribution < -0.4 is 15.8 Å². The van der Waals surface area contributed by atoms with Crippen molar-refractivity contribution in [2.24, 2.45) is 11.1 Å². The zero-order chi connectivity index (χ0) is 14.0. The summed E-state index contributed by atoms with van der Waals surface area (Å²) in [5, 5.41) is 3.37. The van der Waals surface area contributed by atoms with Gasteiger partial charge in [-0.1, -0.05) is 20.8 Å². The van der Waals surface area contributed by atoms with Gasteiger partial charge in [-0.3, -0.25) is 0 Å². The summed E-state index contributed by atoms with van der Waals surface area (Å²) >= 11 is 0. The van der Waals surface area contributed by atoms with Crippen molar-refractivity contribution in [3.8, 4) is 5.88 Å². The van der Waals surface area contributed by atoms with Crippen LogP contribution in [0.5, 0.6) is 5.88 Å². The Kier molecular flexibility index (Phi) is 3.94. The predicted octanol–water partition coefficient (Wildman–Crippen LogP) is 2.11. The third-order valence-electron chi connectivity index (χ3n) is 3.93. The highest BCUT2D eigenvalue weighted by Gasteiger charge is 2.46. The number of aromatic nitrogens is 2. The lowest BCUT2D eigenvalue weighted by atomic mass is 9.63. The molecule has 1 fully saturated rings. The second kappa shape index (κ2) is 5.33. The molecule has 0 amide bonds. The molecule has 0 aromatic carbocycles.